The topological polar surface area (TPSA) is 173 Å². The van der Waals surface area contributed by atoms with Crippen LogP contribution in [0.3, 0.4) is 0 Å². The van der Waals surface area contributed by atoms with Crippen molar-refractivity contribution in [2.24, 2.45) is 16.2 Å². The lowest BCUT2D eigenvalue weighted by molar-refractivity contribution is -0.256. The summed E-state index contributed by atoms with van der Waals surface area (Å²) in [4.78, 5) is 81.2. The van der Waals surface area contributed by atoms with E-state index in [1.165, 1.54) is 7.11 Å². The van der Waals surface area contributed by atoms with Gasteiger partial charge in [0.05, 0.1) is 36.6 Å². The van der Waals surface area contributed by atoms with E-state index in [0.29, 0.717) is 24.9 Å². The molecule has 1 fully saturated rings. The summed E-state index contributed by atoms with van der Waals surface area (Å²) in [5.74, 6) is -3.05. The maximum absolute atomic E-state index is 14.5. The fourth-order valence-corrected chi connectivity index (χ4v) is 6.14. The Morgan fingerprint density at radius 1 is 0.825 bits per heavy atom. The van der Waals surface area contributed by atoms with Gasteiger partial charge in [-0.15, -0.1) is 0 Å². The number of carbonyl (C=O) groups excluding carboxylic acids is 6. The van der Waals surface area contributed by atoms with Gasteiger partial charge < -0.3 is 38.3 Å². The first-order valence-corrected chi connectivity index (χ1v) is 22.5. The van der Waals surface area contributed by atoms with Gasteiger partial charge in [-0.1, -0.05) is 45.4 Å². The highest BCUT2D eigenvalue weighted by Gasteiger charge is 2.53. The Kier molecular flexibility index (Phi) is 17.1. The van der Waals surface area contributed by atoms with Crippen molar-refractivity contribution in [3.05, 3.63) is 29.8 Å². The molecule has 0 saturated carbocycles. The zero-order valence-electron chi connectivity index (χ0n) is 36.9. The van der Waals surface area contributed by atoms with Gasteiger partial charge in [0.1, 0.15) is 6.04 Å². The van der Waals surface area contributed by atoms with E-state index in [1.807, 2.05) is 12.1 Å². The highest BCUT2D eigenvalue weighted by atomic mass is 28.4. The standard InChI is InChI=1S/C42H68N2O12Si/c1-39(2,3)36(48)54-30-25-52-35(33(56-38(50)41(7,8)9)32(30)55-37(49)40(4,5)6)44(26-45)29(22-18-19-23-31(46)51-13)34(47)43-28-21-17-16-20-27(28)24-53-57(14,15)42(10,11)12/h16-17,20-21,26,29-30,32-33,35H,18-19,22-25H2,1-15H3,(H,43,47)/t29-,30-,32-,33+,35-/m1/s1. The molecule has 1 aliphatic heterocycles. The maximum Gasteiger partial charge on any atom is 0.311 e. The van der Waals surface area contributed by atoms with Gasteiger partial charge in [0, 0.05) is 12.1 Å². The Bertz CT molecular complexity index is 1570. The molecule has 0 aliphatic carbocycles. The second-order valence-corrected chi connectivity index (χ2v) is 24.1. The lowest BCUT2D eigenvalue weighted by Crippen LogP contribution is -2.65. The summed E-state index contributed by atoms with van der Waals surface area (Å²) < 4.78 is 35.4. The maximum atomic E-state index is 14.5. The number of rotatable bonds is 16. The lowest BCUT2D eigenvalue weighted by Gasteiger charge is -2.46. The molecule has 0 unspecified atom stereocenters. The van der Waals surface area contributed by atoms with Crippen LogP contribution in [0.4, 0.5) is 5.69 Å². The molecule has 14 nitrogen and oxygen atoms in total. The molecule has 1 saturated heterocycles. The van der Waals surface area contributed by atoms with Crippen molar-refractivity contribution < 1.29 is 56.9 Å². The van der Waals surface area contributed by atoms with Crippen LogP contribution in [0.5, 0.6) is 0 Å². The number of benzene rings is 1. The number of hydrogen-bond acceptors (Lipinski definition) is 12. The van der Waals surface area contributed by atoms with Crippen molar-refractivity contribution >= 4 is 50.2 Å². The highest BCUT2D eigenvalue weighted by Crippen LogP contribution is 2.38. The summed E-state index contributed by atoms with van der Waals surface area (Å²) in [7, 11) is -0.890. The van der Waals surface area contributed by atoms with Crippen molar-refractivity contribution in [3.63, 3.8) is 0 Å². The van der Waals surface area contributed by atoms with Gasteiger partial charge in [-0.2, -0.15) is 0 Å². The molecule has 15 heteroatoms. The van der Waals surface area contributed by atoms with Crippen LogP contribution in [0.15, 0.2) is 24.3 Å². The molecule has 1 heterocycles. The zero-order chi connectivity index (χ0) is 43.7. The lowest BCUT2D eigenvalue weighted by atomic mass is 9.94. The first kappa shape index (κ1) is 49.3. The fraction of sp³-hybridized carbons (Fsp3) is 0.714. The molecule has 1 aromatic carbocycles. The molecule has 1 N–H and O–H groups in total. The quantitative estimate of drug-likeness (QED) is 0.0600. The van der Waals surface area contributed by atoms with Crippen molar-refractivity contribution in [2.45, 2.75) is 164 Å². The van der Waals surface area contributed by atoms with Gasteiger partial charge >= 0.3 is 23.9 Å². The van der Waals surface area contributed by atoms with Crippen molar-refractivity contribution in [1.29, 1.82) is 0 Å². The number of methoxy groups -OCH3 is 1. The van der Waals surface area contributed by atoms with Crippen molar-refractivity contribution in [3.8, 4) is 0 Å². The number of hydrogen-bond donors (Lipinski definition) is 1. The molecule has 0 radical (unpaired) electrons. The monoisotopic (exact) mass is 820 g/mol. The number of nitrogens with zero attached hydrogens (tertiary/aromatic N) is 1. The highest BCUT2D eigenvalue weighted by molar-refractivity contribution is 6.74. The third-order valence-electron chi connectivity index (χ3n) is 10.1. The minimum atomic E-state index is -2.18. The van der Waals surface area contributed by atoms with E-state index in [2.05, 4.69) is 39.2 Å². The van der Waals surface area contributed by atoms with Crippen LogP contribution >= 0.6 is 0 Å². The second kappa shape index (κ2) is 19.8. The number of para-hydroxylation sites is 1. The molecule has 1 aliphatic rings. The number of ether oxygens (including phenoxy) is 5. The number of amides is 2. The van der Waals surface area contributed by atoms with Crippen LogP contribution in [0.25, 0.3) is 0 Å². The summed E-state index contributed by atoms with van der Waals surface area (Å²) >= 11 is 0. The normalized spacial score (nSPS) is 19.8. The molecule has 322 valence electrons. The summed E-state index contributed by atoms with van der Waals surface area (Å²) in [6, 6.07) is 5.96. The molecule has 0 aromatic heterocycles. The van der Waals surface area contributed by atoms with Crippen LogP contribution in [0, 0.1) is 16.2 Å². The number of carbonyl (C=O) groups is 6. The SMILES string of the molecule is COC(=O)CCCC[C@H](C(=O)Nc1ccccc1CO[Si](C)(C)C(C)(C)C)N(C=O)[C@@H]1OC[C@@H](OC(=O)C(C)(C)C)[C@@H](OC(=O)C(C)(C)C)[C@@H]1OC(=O)C(C)(C)C. The number of anilines is 1. The molecule has 0 bridgehead atoms. The molecule has 1 aromatic rings. The number of nitrogens with one attached hydrogen (secondary N) is 1. The van der Waals surface area contributed by atoms with Crippen molar-refractivity contribution in [1.82, 2.24) is 4.90 Å². The zero-order valence-corrected chi connectivity index (χ0v) is 37.9. The predicted molar refractivity (Wildman–Crippen MR) is 217 cm³/mol. The molecule has 0 spiro atoms. The van der Waals surface area contributed by atoms with E-state index < -0.39 is 84.9 Å². The van der Waals surface area contributed by atoms with E-state index in [0.717, 1.165) is 10.5 Å². The molecular weight excluding hydrogens is 753 g/mol. The summed E-state index contributed by atoms with van der Waals surface area (Å²) in [5.41, 5.74) is -1.86. The number of unbranched alkanes of at least 4 members (excludes halogenated alkanes) is 1. The smallest absolute Gasteiger partial charge is 0.311 e. The predicted octanol–water partition coefficient (Wildman–Crippen LogP) is 6.94. The fourth-order valence-electron chi connectivity index (χ4n) is 5.19. The minimum Gasteiger partial charge on any atom is -0.469 e. The van der Waals surface area contributed by atoms with Crippen LogP contribution in [0.1, 0.15) is 114 Å². The van der Waals surface area contributed by atoms with Gasteiger partial charge in [0.2, 0.25) is 12.3 Å². The van der Waals surface area contributed by atoms with E-state index in [-0.39, 0.29) is 31.1 Å². The van der Waals surface area contributed by atoms with E-state index >= 15 is 0 Å². The Hall–Kier alpha value is -3.82. The Morgan fingerprint density at radius 3 is 1.86 bits per heavy atom. The van der Waals surface area contributed by atoms with Crippen LogP contribution in [-0.4, -0.2) is 93.7 Å². The van der Waals surface area contributed by atoms with Gasteiger partial charge in [0.15, 0.2) is 32.9 Å². The van der Waals surface area contributed by atoms with Crippen LogP contribution in [-0.2, 0) is 63.5 Å². The molecular formula is C42H68N2O12Si. The van der Waals surface area contributed by atoms with Gasteiger partial charge in [0.25, 0.3) is 0 Å². The Morgan fingerprint density at radius 2 is 1.35 bits per heavy atom. The third-order valence-corrected chi connectivity index (χ3v) is 14.5. The Balaban J connectivity index is 2.70. The average molecular weight is 821 g/mol. The van der Waals surface area contributed by atoms with Gasteiger partial charge in [-0.25, -0.2) is 0 Å². The van der Waals surface area contributed by atoms with E-state index in [4.69, 9.17) is 28.1 Å². The largest absolute Gasteiger partial charge is 0.469 e. The summed E-state index contributed by atoms with van der Waals surface area (Å²) in [5, 5.41) is 2.93. The molecule has 5 atom stereocenters. The third kappa shape index (κ3) is 14.2. The second-order valence-electron chi connectivity index (χ2n) is 19.2. The van der Waals surface area contributed by atoms with Crippen LogP contribution < -0.4 is 5.32 Å². The first-order valence-electron chi connectivity index (χ1n) is 19.6. The summed E-state index contributed by atoms with van der Waals surface area (Å²) in [6.45, 7) is 25.3. The minimum absolute atomic E-state index is 0.0544. The Labute approximate surface area is 340 Å². The summed E-state index contributed by atoms with van der Waals surface area (Å²) in [6.07, 6.45) is -4.51. The first-order chi connectivity index (χ1) is 26.0. The van der Waals surface area contributed by atoms with E-state index in [1.54, 1.807) is 74.4 Å². The average Bonchev–Trinajstić information content (AvgIpc) is 3.08. The van der Waals surface area contributed by atoms with Crippen LogP contribution in [0.2, 0.25) is 18.1 Å². The van der Waals surface area contributed by atoms with Crippen molar-refractivity contribution in [2.75, 3.05) is 19.0 Å². The van der Waals surface area contributed by atoms with Gasteiger partial charge in [-0.3, -0.25) is 28.8 Å². The molecule has 2 rings (SSSR count). The van der Waals surface area contributed by atoms with Gasteiger partial charge in [-0.05, 0) is 105 Å². The molecule has 57 heavy (non-hydrogen) atoms. The molecule has 2 amide bonds. The van der Waals surface area contributed by atoms with E-state index in [9.17, 15) is 28.8 Å². The number of esters is 4.